The van der Waals surface area contributed by atoms with Gasteiger partial charge >= 0.3 is 0 Å². The molecular formula is C14H15FN2OS. The Morgan fingerprint density at radius 3 is 2.79 bits per heavy atom. The summed E-state index contributed by atoms with van der Waals surface area (Å²) in [7, 11) is 1.93. The Morgan fingerprint density at radius 2 is 2.16 bits per heavy atom. The molecule has 0 radical (unpaired) electrons. The van der Waals surface area contributed by atoms with E-state index in [9.17, 15) is 4.39 Å². The zero-order chi connectivity index (χ0) is 13.8. The van der Waals surface area contributed by atoms with Gasteiger partial charge in [-0.15, -0.1) is 0 Å². The summed E-state index contributed by atoms with van der Waals surface area (Å²) in [5.41, 5.74) is 7.14. The smallest absolute Gasteiger partial charge is 0.123 e. The highest BCUT2D eigenvalue weighted by Gasteiger charge is 2.10. The summed E-state index contributed by atoms with van der Waals surface area (Å²) in [6, 6.07) is 8.19. The predicted octanol–water partition coefficient (Wildman–Crippen LogP) is 2.68. The first-order chi connectivity index (χ1) is 9.06. The molecule has 1 aromatic heterocycles. The van der Waals surface area contributed by atoms with Crippen molar-refractivity contribution in [3.63, 3.8) is 0 Å². The van der Waals surface area contributed by atoms with Gasteiger partial charge < -0.3 is 10.2 Å². The lowest BCUT2D eigenvalue weighted by atomic mass is 10.1. The molecule has 0 unspecified atom stereocenters. The third-order valence-electron chi connectivity index (χ3n) is 2.78. The first-order valence-electron chi connectivity index (χ1n) is 5.85. The fourth-order valence-corrected chi connectivity index (χ4v) is 2.15. The first-order valence-corrected chi connectivity index (χ1v) is 6.26. The zero-order valence-corrected chi connectivity index (χ0v) is 11.4. The topological polar surface area (TPSA) is 42.4 Å². The van der Waals surface area contributed by atoms with Crippen molar-refractivity contribution in [2.24, 2.45) is 5.73 Å². The Morgan fingerprint density at radius 1 is 1.37 bits per heavy atom. The standard InChI is InChI=1S/C14H15FN2OS/c1-17(9-12-3-2-6-18-12)8-10-7-11(15)4-5-13(10)14(16)19/h2-7H,8-9H2,1H3,(H2,16,19). The van der Waals surface area contributed by atoms with Crippen LogP contribution < -0.4 is 5.73 Å². The van der Waals surface area contributed by atoms with E-state index in [2.05, 4.69) is 0 Å². The van der Waals surface area contributed by atoms with E-state index in [1.54, 1.807) is 12.3 Å². The Bertz CT molecular complexity index is 569. The molecule has 0 aliphatic heterocycles. The van der Waals surface area contributed by atoms with Gasteiger partial charge in [0.1, 0.15) is 16.6 Å². The molecule has 0 saturated heterocycles. The zero-order valence-electron chi connectivity index (χ0n) is 10.6. The molecular weight excluding hydrogens is 263 g/mol. The Labute approximate surface area is 116 Å². The lowest BCUT2D eigenvalue weighted by Crippen LogP contribution is -2.20. The molecule has 0 bridgehead atoms. The number of hydrogen-bond donors (Lipinski definition) is 1. The third-order valence-corrected chi connectivity index (χ3v) is 3.00. The molecule has 2 aromatic rings. The highest BCUT2D eigenvalue weighted by atomic mass is 32.1. The van der Waals surface area contributed by atoms with Crippen molar-refractivity contribution >= 4 is 17.2 Å². The van der Waals surface area contributed by atoms with Crippen molar-refractivity contribution in [1.29, 1.82) is 0 Å². The van der Waals surface area contributed by atoms with E-state index in [1.807, 2.05) is 24.1 Å². The van der Waals surface area contributed by atoms with Crippen LogP contribution in [0.5, 0.6) is 0 Å². The SMILES string of the molecule is CN(Cc1ccco1)Cc1cc(F)ccc1C(N)=S. The highest BCUT2D eigenvalue weighted by Crippen LogP contribution is 2.15. The maximum Gasteiger partial charge on any atom is 0.123 e. The van der Waals surface area contributed by atoms with Crippen LogP contribution in [-0.2, 0) is 13.1 Å². The van der Waals surface area contributed by atoms with Crippen molar-refractivity contribution in [2.75, 3.05) is 7.05 Å². The van der Waals surface area contributed by atoms with E-state index in [0.29, 0.717) is 18.7 Å². The van der Waals surface area contributed by atoms with Gasteiger partial charge in [0.25, 0.3) is 0 Å². The average Bonchev–Trinajstić information content (AvgIpc) is 2.81. The third kappa shape index (κ3) is 3.62. The summed E-state index contributed by atoms with van der Waals surface area (Å²) in [4.78, 5) is 2.29. The minimum absolute atomic E-state index is 0.279. The number of furan rings is 1. The van der Waals surface area contributed by atoms with Gasteiger partial charge in [-0.05, 0) is 42.9 Å². The van der Waals surface area contributed by atoms with Crippen LogP contribution in [0.2, 0.25) is 0 Å². The summed E-state index contributed by atoms with van der Waals surface area (Å²) < 4.78 is 18.6. The minimum atomic E-state index is -0.290. The van der Waals surface area contributed by atoms with E-state index >= 15 is 0 Å². The second-order valence-corrected chi connectivity index (χ2v) is 4.86. The van der Waals surface area contributed by atoms with Crippen molar-refractivity contribution in [2.45, 2.75) is 13.1 Å². The Kier molecular flexibility index (Phi) is 4.29. The molecule has 0 aliphatic carbocycles. The van der Waals surface area contributed by atoms with Gasteiger partial charge in [-0.25, -0.2) is 4.39 Å². The van der Waals surface area contributed by atoms with E-state index in [4.69, 9.17) is 22.4 Å². The molecule has 19 heavy (non-hydrogen) atoms. The number of rotatable bonds is 5. The highest BCUT2D eigenvalue weighted by molar-refractivity contribution is 7.80. The molecule has 1 aromatic carbocycles. The molecule has 0 amide bonds. The van der Waals surface area contributed by atoms with Gasteiger partial charge in [0, 0.05) is 12.1 Å². The van der Waals surface area contributed by atoms with E-state index in [-0.39, 0.29) is 10.8 Å². The number of halogens is 1. The van der Waals surface area contributed by atoms with Crippen LogP contribution in [0.25, 0.3) is 0 Å². The number of hydrogen-bond acceptors (Lipinski definition) is 3. The number of thiocarbonyl (C=S) groups is 1. The van der Waals surface area contributed by atoms with Crippen molar-refractivity contribution in [1.82, 2.24) is 4.90 Å². The predicted molar refractivity (Wildman–Crippen MR) is 76.2 cm³/mol. The lowest BCUT2D eigenvalue weighted by molar-refractivity contribution is 0.287. The van der Waals surface area contributed by atoms with Crippen LogP contribution in [0.4, 0.5) is 4.39 Å². The fraction of sp³-hybridized carbons (Fsp3) is 0.214. The molecule has 5 heteroatoms. The van der Waals surface area contributed by atoms with Crippen LogP contribution in [0, 0.1) is 5.82 Å². The number of nitrogens with two attached hydrogens (primary N) is 1. The maximum absolute atomic E-state index is 13.3. The van der Waals surface area contributed by atoms with Gasteiger partial charge in [0.15, 0.2) is 0 Å². The largest absolute Gasteiger partial charge is 0.468 e. The molecule has 100 valence electrons. The Hall–Kier alpha value is -1.72. The second-order valence-electron chi connectivity index (χ2n) is 4.42. The molecule has 0 fully saturated rings. The quantitative estimate of drug-likeness (QED) is 0.854. The van der Waals surface area contributed by atoms with Crippen LogP contribution in [0.15, 0.2) is 41.0 Å². The molecule has 0 spiro atoms. The summed E-state index contributed by atoms with van der Waals surface area (Å²) >= 11 is 4.98. The van der Waals surface area contributed by atoms with Gasteiger partial charge in [-0.3, -0.25) is 4.90 Å². The summed E-state index contributed by atoms with van der Waals surface area (Å²) in [5.74, 6) is 0.567. The van der Waals surface area contributed by atoms with E-state index in [0.717, 1.165) is 11.3 Å². The number of nitrogens with zero attached hydrogens (tertiary/aromatic N) is 1. The van der Waals surface area contributed by atoms with Gasteiger partial charge in [0.2, 0.25) is 0 Å². The molecule has 0 aliphatic rings. The lowest BCUT2D eigenvalue weighted by Gasteiger charge is -2.17. The Balaban J connectivity index is 2.13. The van der Waals surface area contributed by atoms with Crippen LogP contribution >= 0.6 is 12.2 Å². The molecule has 1 heterocycles. The number of benzene rings is 1. The molecule has 2 rings (SSSR count). The van der Waals surface area contributed by atoms with Crippen molar-refractivity contribution in [3.8, 4) is 0 Å². The molecule has 0 atom stereocenters. The molecule has 3 nitrogen and oxygen atoms in total. The first kappa shape index (κ1) is 13.7. The minimum Gasteiger partial charge on any atom is -0.468 e. The molecule has 0 saturated carbocycles. The fourth-order valence-electron chi connectivity index (χ4n) is 1.95. The van der Waals surface area contributed by atoms with E-state index < -0.39 is 0 Å². The van der Waals surface area contributed by atoms with Crippen molar-refractivity contribution < 1.29 is 8.81 Å². The van der Waals surface area contributed by atoms with Crippen LogP contribution in [0.3, 0.4) is 0 Å². The van der Waals surface area contributed by atoms with Crippen LogP contribution in [0.1, 0.15) is 16.9 Å². The molecule has 2 N–H and O–H groups in total. The van der Waals surface area contributed by atoms with Crippen LogP contribution in [-0.4, -0.2) is 16.9 Å². The monoisotopic (exact) mass is 278 g/mol. The second kappa shape index (κ2) is 5.95. The summed E-state index contributed by atoms with van der Waals surface area (Å²) in [6.45, 7) is 1.19. The van der Waals surface area contributed by atoms with Crippen molar-refractivity contribution in [3.05, 3.63) is 59.3 Å². The average molecular weight is 278 g/mol. The van der Waals surface area contributed by atoms with E-state index in [1.165, 1.54) is 12.1 Å². The van der Waals surface area contributed by atoms with Gasteiger partial charge in [-0.1, -0.05) is 12.2 Å². The van der Waals surface area contributed by atoms with Gasteiger partial charge in [-0.2, -0.15) is 0 Å². The maximum atomic E-state index is 13.3. The van der Waals surface area contributed by atoms with Gasteiger partial charge in [0.05, 0.1) is 12.8 Å². The summed E-state index contributed by atoms with van der Waals surface area (Å²) in [5, 5.41) is 0. The normalized spacial score (nSPS) is 10.9. The summed E-state index contributed by atoms with van der Waals surface area (Å²) in [6.07, 6.45) is 1.63.